The number of hydrogen-bond acceptors (Lipinski definition) is 4. The van der Waals surface area contributed by atoms with E-state index >= 15 is 0 Å². The minimum Gasteiger partial charge on any atom is -0.456 e. The van der Waals surface area contributed by atoms with Gasteiger partial charge in [-0.3, -0.25) is 0 Å². The van der Waals surface area contributed by atoms with Crippen molar-refractivity contribution < 1.29 is 8.83 Å². The van der Waals surface area contributed by atoms with Gasteiger partial charge in [0.15, 0.2) is 5.82 Å². The van der Waals surface area contributed by atoms with E-state index < -0.39 is 0 Å². The van der Waals surface area contributed by atoms with Crippen LogP contribution in [0.3, 0.4) is 0 Å². The van der Waals surface area contributed by atoms with Crippen molar-refractivity contribution in [3.8, 4) is 67.3 Å². The summed E-state index contributed by atoms with van der Waals surface area (Å²) in [7, 11) is 0. The van der Waals surface area contributed by atoms with E-state index in [4.69, 9.17) is 18.8 Å². The Balaban J connectivity index is 1.02. The van der Waals surface area contributed by atoms with Gasteiger partial charge in [0.05, 0.1) is 11.4 Å². The van der Waals surface area contributed by atoms with E-state index in [0.29, 0.717) is 5.82 Å². The fourth-order valence-corrected chi connectivity index (χ4v) is 10.3. The molecule has 0 saturated heterocycles. The topological polar surface area (TPSA) is 52.1 Å². The summed E-state index contributed by atoms with van der Waals surface area (Å²) >= 11 is 0. The lowest BCUT2D eigenvalue weighted by atomic mass is 9.81. The molecule has 3 aromatic heterocycles. The highest BCUT2D eigenvalue weighted by Gasteiger charge is 2.37. The van der Waals surface area contributed by atoms with Crippen molar-refractivity contribution in [1.82, 2.24) is 9.97 Å². The van der Waals surface area contributed by atoms with E-state index in [-0.39, 0.29) is 5.41 Å². The first-order valence-corrected chi connectivity index (χ1v) is 21.6. The van der Waals surface area contributed by atoms with Crippen molar-refractivity contribution in [1.29, 1.82) is 0 Å². The minimum atomic E-state index is -0.160. The molecule has 0 amide bonds. The molecule has 12 aromatic rings. The van der Waals surface area contributed by atoms with Crippen LogP contribution in [0.5, 0.6) is 0 Å². The molecule has 0 aliphatic heterocycles. The molecule has 0 spiro atoms. The fourth-order valence-electron chi connectivity index (χ4n) is 10.3. The summed E-state index contributed by atoms with van der Waals surface area (Å²) in [4.78, 5) is 10.8. The second-order valence-electron chi connectivity index (χ2n) is 17.2. The summed E-state index contributed by atoms with van der Waals surface area (Å²) in [6, 6.07) is 68.8. The maximum Gasteiger partial charge on any atom is 0.160 e. The standard InChI is InChI=1S/C59H38N2O2/c1-59(2)48-27-14-25-43(56(48)46-30-36-18-6-7-19-37(36)31-49(46)59)38-20-8-10-22-40(38)50-34-51(61-58(60-50)35-16-4-3-5-17-35)41-23-11-9-21-39(41)44-26-15-29-53-57(44)47-33-54-45(32-55(47)63-53)42-24-12-13-28-52(42)62-54/h3-34H,1-2H3. The van der Waals surface area contributed by atoms with Gasteiger partial charge >= 0.3 is 0 Å². The predicted octanol–water partition coefficient (Wildman–Crippen LogP) is 16.1. The highest BCUT2D eigenvalue weighted by molar-refractivity contribution is 6.18. The van der Waals surface area contributed by atoms with Crippen molar-refractivity contribution in [3.05, 3.63) is 205 Å². The zero-order valence-electron chi connectivity index (χ0n) is 34.7. The third-order valence-electron chi connectivity index (χ3n) is 13.3. The zero-order valence-corrected chi connectivity index (χ0v) is 34.7. The first kappa shape index (κ1) is 35.7. The van der Waals surface area contributed by atoms with Crippen LogP contribution in [0.25, 0.3) is 122 Å². The Morgan fingerprint density at radius 3 is 1.70 bits per heavy atom. The average Bonchev–Trinajstić information content (AvgIpc) is 3.96. The molecule has 296 valence electrons. The highest BCUT2D eigenvalue weighted by atomic mass is 16.3. The summed E-state index contributed by atoms with van der Waals surface area (Å²) < 4.78 is 13.0. The van der Waals surface area contributed by atoms with Gasteiger partial charge in [0, 0.05) is 43.7 Å². The van der Waals surface area contributed by atoms with Gasteiger partial charge in [-0.2, -0.15) is 0 Å². The number of nitrogens with zero attached hydrogens (tertiary/aromatic N) is 2. The summed E-state index contributed by atoms with van der Waals surface area (Å²) in [5.41, 5.74) is 17.6. The third-order valence-corrected chi connectivity index (χ3v) is 13.3. The molecule has 3 heterocycles. The van der Waals surface area contributed by atoms with Crippen LogP contribution in [0.2, 0.25) is 0 Å². The van der Waals surface area contributed by atoms with Gasteiger partial charge < -0.3 is 8.83 Å². The predicted molar refractivity (Wildman–Crippen MR) is 259 cm³/mol. The molecule has 0 radical (unpaired) electrons. The second-order valence-corrected chi connectivity index (χ2v) is 17.2. The molecule has 0 saturated carbocycles. The fraction of sp³-hybridized carbons (Fsp3) is 0.0508. The molecule has 13 rings (SSSR count). The van der Waals surface area contributed by atoms with Gasteiger partial charge in [-0.05, 0) is 97.7 Å². The Morgan fingerprint density at radius 2 is 0.921 bits per heavy atom. The number of hydrogen-bond donors (Lipinski definition) is 0. The van der Waals surface area contributed by atoms with E-state index in [2.05, 4.69) is 172 Å². The van der Waals surface area contributed by atoms with Crippen LogP contribution in [-0.2, 0) is 5.41 Å². The minimum absolute atomic E-state index is 0.160. The normalized spacial score (nSPS) is 13.0. The van der Waals surface area contributed by atoms with Crippen molar-refractivity contribution in [3.63, 3.8) is 0 Å². The lowest BCUT2D eigenvalue weighted by Gasteiger charge is -2.22. The van der Waals surface area contributed by atoms with Gasteiger partial charge in [0.2, 0.25) is 0 Å². The molecule has 0 fully saturated rings. The monoisotopic (exact) mass is 806 g/mol. The molecular formula is C59H38N2O2. The quantitative estimate of drug-likeness (QED) is 0.174. The molecular weight excluding hydrogens is 769 g/mol. The Labute approximate surface area is 363 Å². The van der Waals surface area contributed by atoms with Gasteiger partial charge in [-0.25, -0.2) is 9.97 Å². The number of aromatic nitrogens is 2. The smallest absolute Gasteiger partial charge is 0.160 e. The van der Waals surface area contributed by atoms with Crippen LogP contribution in [0.1, 0.15) is 25.0 Å². The average molecular weight is 807 g/mol. The first-order valence-electron chi connectivity index (χ1n) is 21.6. The van der Waals surface area contributed by atoms with Crippen LogP contribution < -0.4 is 0 Å². The number of para-hydroxylation sites is 1. The van der Waals surface area contributed by atoms with E-state index in [9.17, 15) is 0 Å². The van der Waals surface area contributed by atoms with Crippen molar-refractivity contribution >= 4 is 54.6 Å². The molecule has 63 heavy (non-hydrogen) atoms. The van der Waals surface area contributed by atoms with Gasteiger partial charge in [-0.1, -0.05) is 166 Å². The Morgan fingerprint density at radius 1 is 0.365 bits per heavy atom. The molecule has 4 heteroatoms. The Kier molecular flexibility index (Phi) is 7.62. The zero-order chi connectivity index (χ0) is 41.8. The van der Waals surface area contributed by atoms with Crippen molar-refractivity contribution in [2.45, 2.75) is 19.3 Å². The van der Waals surface area contributed by atoms with Crippen LogP contribution in [-0.4, -0.2) is 9.97 Å². The first-order chi connectivity index (χ1) is 31.0. The van der Waals surface area contributed by atoms with Gasteiger partial charge in [0.25, 0.3) is 0 Å². The van der Waals surface area contributed by atoms with E-state index in [1.54, 1.807) is 0 Å². The van der Waals surface area contributed by atoms with Crippen molar-refractivity contribution in [2.24, 2.45) is 0 Å². The summed E-state index contributed by atoms with van der Waals surface area (Å²) in [5.74, 6) is 0.670. The molecule has 0 atom stereocenters. The molecule has 4 nitrogen and oxygen atoms in total. The Hall–Kier alpha value is -8.08. The molecule has 0 bridgehead atoms. The summed E-state index contributed by atoms with van der Waals surface area (Å²) in [6.45, 7) is 4.71. The SMILES string of the molecule is CC1(C)c2cc3ccccc3cc2-c2c(-c3ccccc3-c3cc(-c4ccccc4-c4cccc5oc6cc7c(cc6c45)oc4ccccc47)nc(-c4ccccc4)n3)cccc21. The lowest BCUT2D eigenvalue weighted by Crippen LogP contribution is -2.14. The molecule has 1 aliphatic rings. The summed E-state index contributed by atoms with van der Waals surface area (Å²) in [6.07, 6.45) is 0. The van der Waals surface area contributed by atoms with Crippen LogP contribution in [0.15, 0.2) is 203 Å². The van der Waals surface area contributed by atoms with Gasteiger partial charge in [-0.15, -0.1) is 0 Å². The molecule has 1 aliphatic carbocycles. The maximum atomic E-state index is 6.62. The number of furan rings is 2. The third kappa shape index (κ3) is 5.41. The van der Waals surface area contributed by atoms with Crippen LogP contribution >= 0.6 is 0 Å². The Bertz CT molecular complexity index is 3830. The largest absolute Gasteiger partial charge is 0.456 e. The number of fused-ring (bicyclic) bond motifs is 10. The molecule has 0 N–H and O–H groups in total. The molecule has 0 unspecified atom stereocenters. The van der Waals surface area contributed by atoms with E-state index in [1.165, 1.54) is 38.6 Å². The van der Waals surface area contributed by atoms with E-state index in [1.807, 2.05) is 36.4 Å². The summed E-state index contributed by atoms with van der Waals surface area (Å²) in [5, 5.41) is 6.69. The highest BCUT2D eigenvalue weighted by Crippen LogP contribution is 2.54. The van der Waals surface area contributed by atoms with Gasteiger partial charge in [0.1, 0.15) is 22.3 Å². The van der Waals surface area contributed by atoms with Crippen molar-refractivity contribution in [2.75, 3.05) is 0 Å². The molecule has 9 aromatic carbocycles. The maximum absolute atomic E-state index is 6.62. The number of benzene rings is 9. The van der Waals surface area contributed by atoms with Crippen LogP contribution in [0.4, 0.5) is 0 Å². The van der Waals surface area contributed by atoms with E-state index in [0.717, 1.165) is 88.6 Å². The number of rotatable bonds is 5. The second kappa shape index (κ2) is 13.5. The van der Waals surface area contributed by atoms with Crippen LogP contribution in [0, 0.1) is 0 Å². The lowest BCUT2D eigenvalue weighted by molar-refractivity contribution is 0.661.